The van der Waals surface area contributed by atoms with Crippen molar-refractivity contribution in [2.75, 3.05) is 13.2 Å². The van der Waals surface area contributed by atoms with Crippen LogP contribution < -0.4 is 0 Å². The van der Waals surface area contributed by atoms with Gasteiger partial charge in [0.25, 0.3) is 0 Å². The van der Waals surface area contributed by atoms with Crippen molar-refractivity contribution in [1.29, 1.82) is 0 Å². The molecular weight excluding hydrogens is 712 g/mol. The average Bonchev–Trinajstić information content (AvgIpc) is 3.50. The van der Waals surface area contributed by atoms with Crippen LogP contribution in [0.2, 0.25) is 0 Å². The van der Waals surface area contributed by atoms with Gasteiger partial charge >= 0.3 is 0 Å². The number of allylic oxidation sites excluding steroid dienone is 2. The van der Waals surface area contributed by atoms with E-state index in [-0.39, 0.29) is 39.9 Å². The lowest BCUT2D eigenvalue weighted by Crippen LogP contribution is -2.68. The molecule has 9 N–H and O–H groups in total. The van der Waals surface area contributed by atoms with E-state index < -0.39 is 97.8 Å². The van der Waals surface area contributed by atoms with Crippen molar-refractivity contribution in [2.24, 2.45) is 45.3 Å². The highest BCUT2D eigenvalue weighted by Crippen LogP contribution is 2.76. The standard InChI is InChI=1S/C42H72O13/c1-21(2)10-9-14-42(8,51)22-11-16-41(7)29(22)23(45)18-27-39(5)15-13-28(38(3,4)26(39)12-17-40(27,41)6)54-37-35(33(49)31(47)25(20-44)53-37)55-36-34(50)32(48)30(46)24(19-43)52-36/h10,22-37,43-51H,9,11-20H2,1-8H3/t22-,23+,24+,25+,26-,27+,28-,29-,30+,31+,32-,33-,34+,35+,36-,37-,39-,40+,41+,42?/m0/s1. The molecule has 2 saturated heterocycles. The summed E-state index contributed by atoms with van der Waals surface area (Å²) in [6.07, 6.45) is -6.48. The third kappa shape index (κ3) is 7.20. The highest BCUT2D eigenvalue weighted by molar-refractivity contribution is 5.20. The van der Waals surface area contributed by atoms with Gasteiger partial charge in [0.1, 0.15) is 48.8 Å². The molecule has 4 saturated carbocycles. The van der Waals surface area contributed by atoms with Crippen LogP contribution in [-0.4, -0.2) is 138 Å². The smallest absolute Gasteiger partial charge is 0.187 e. The zero-order chi connectivity index (χ0) is 40.6. The van der Waals surface area contributed by atoms with Crippen LogP contribution in [0.15, 0.2) is 11.6 Å². The quantitative estimate of drug-likeness (QED) is 0.115. The van der Waals surface area contributed by atoms with Gasteiger partial charge in [-0.3, -0.25) is 0 Å². The molecular formula is C42H72O13. The molecule has 0 bridgehead atoms. The van der Waals surface area contributed by atoms with Gasteiger partial charge in [-0.1, -0.05) is 46.3 Å². The summed E-state index contributed by atoms with van der Waals surface area (Å²) in [5.74, 6) is 0.445. The molecule has 0 aromatic heterocycles. The highest BCUT2D eigenvalue weighted by Gasteiger charge is 2.71. The Kier molecular flexibility index (Phi) is 12.5. The van der Waals surface area contributed by atoms with Gasteiger partial charge in [0.2, 0.25) is 0 Å². The Hall–Kier alpha value is -0.780. The summed E-state index contributed by atoms with van der Waals surface area (Å²) in [6.45, 7) is 16.5. The highest BCUT2D eigenvalue weighted by atomic mass is 16.8. The number of fused-ring (bicyclic) bond motifs is 5. The third-order valence-electron chi connectivity index (χ3n) is 16.6. The minimum Gasteiger partial charge on any atom is -0.394 e. The maximum absolute atomic E-state index is 12.2. The maximum atomic E-state index is 12.2. The first-order valence-corrected chi connectivity index (χ1v) is 20.9. The molecule has 2 heterocycles. The van der Waals surface area contributed by atoms with E-state index in [4.69, 9.17) is 18.9 Å². The van der Waals surface area contributed by atoms with Crippen molar-refractivity contribution in [1.82, 2.24) is 0 Å². The number of rotatable bonds is 10. The molecule has 2 aliphatic heterocycles. The summed E-state index contributed by atoms with van der Waals surface area (Å²) in [4.78, 5) is 0. The zero-order valence-electron chi connectivity index (χ0n) is 34.3. The minimum atomic E-state index is -1.75. The molecule has 1 unspecified atom stereocenters. The molecule has 13 nitrogen and oxygen atoms in total. The van der Waals surface area contributed by atoms with E-state index in [1.54, 1.807) is 0 Å². The molecule has 0 aromatic rings. The second-order valence-corrected chi connectivity index (χ2v) is 20.1. The summed E-state index contributed by atoms with van der Waals surface area (Å²) >= 11 is 0. The molecule has 20 atom stereocenters. The van der Waals surface area contributed by atoms with Gasteiger partial charge in [0, 0.05) is 0 Å². The summed E-state index contributed by atoms with van der Waals surface area (Å²) in [7, 11) is 0. The molecule has 0 radical (unpaired) electrons. The molecule has 0 spiro atoms. The van der Waals surface area contributed by atoms with Crippen LogP contribution in [0.3, 0.4) is 0 Å². The molecule has 0 amide bonds. The number of ether oxygens (including phenoxy) is 4. The largest absolute Gasteiger partial charge is 0.394 e. The molecule has 55 heavy (non-hydrogen) atoms. The lowest BCUT2D eigenvalue weighted by atomic mass is 9.35. The van der Waals surface area contributed by atoms with E-state index in [0.29, 0.717) is 19.3 Å². The first-order valence-electron chi connectivity index (χ1n) is 20.9. The molecule has 4 aliphatic carbocycles. The summed E-state index contributed by atoms with van der Waals surface area (Å²) < 4.78 is 24.4. The predicted molar refractivity (Wildman–Crippen MR) is 201 cm³/mol. The van der Waals surface area contributed by atoms with Crippen molar-refractivity contribution in [3.05, 3.63) is 11.6 Å². The van der Waals surface area contributed by atoms with Crippen LogP contribution in [0.4, 0.5) is 0 Å². The molecule has 6 rings (SSSR count). The van der Waals surface area contributed by atoms with Crippen LogP contribution in [0.25, 0.3) is 0 Å². The molecule has 6 fully saturated rings. The zero-order valence-corrected chi connectivity index (χ0v) is 34.3. The van der Waals surface area contributed by atoms with Crippen molar-refractivity contribution in [3.8, 4) is 0 Å². The van der Waals surface area contributed by atoms with Gasteiger partial charge in [0.15, 0.2) is 12.6 Å². The van der Waals surface area contributed by atoms with Crippen LogP contribution in [-0.2, 0) is 18.9 Å². The summed E-state index contributed by atoms with van der Waals surface area (Å²) in [6, 6.07) is 0. The number of hydrogen-bond donors (Lipinski definition) is 9. The summed E-state index contributed by atoms with van der Waals surface area (Å²) in [5.41, 5.74) is -0.405. The van der Waals surface area contributed by atoms with E-state index in [1.165, 1.54) is 5.57 Å². The van der Waals surface area contributed by atoms with Crippen LogP contribution in [0.1, 0.15) is 113 Å². The fourth-order valence-corrected chi connectivity index (χ4v) is 13.3. The van der Waals surface area contributed by atoms with Gasteiger partial charge in [0.05, 0.1) is 31.0 Å². The van der Waals surface area contributed by atoms with E-state index in [0.717, 1.165) is 38.5 Å². The Morgan fingerprint density at radius 1 is 0.727 bits per heavy atom. The Balaban J connectivity index is 1.23. The lowest BCUT2D eigenvalue weighted by Gasteiger charge is -2.70. The lowest BCUT2D eigenvalue weighted by molar-refractivity contribution is -0.378. The number of hydrogen-bond acceptors (Lipinski definition) is 13. The maximum Gasteiger partial charge on any atom is 0.187 e. The van der Waals surface area contributed by atoms with Gasteiger partial charge in [-0.15, -0.1) is 0 Å². The van der Waals surface area contributed by atoms with E-state index in [9.17, 15) is 46.0 Å². The van der Waals surface area contributed by atoms with Crippen molar-refractivity contribution >= 4 is 0 Å². The SMILES string of the molecule is CC(C)=CCCC(C)(O)[C@H]1CC[C@]2(C)[C@@H]1[C@H](O)C[C@@H]1[C@@]3(C)CC[C@H](O[C@@H]4O[C@H](CO)[C@@H](O)[C@H](O)[C@H]4O[C@@H]4O[C@H](CO)[C@@H](O)[C@H](O)[C@H]4O)C(C)(C)[C@@H]3CC[C@]12C. The molecule has 13 heteroatoms. The van der Waals surface area contributed by atoms with Crippen LogP contribution in [0.5, 0.6) is 0 Å². The fourth-order valence-electron chi connectivity index (χ4n) is 13.3. The van der Waals surface area contributed by atoms with Gasteiger partial charge in [-0.2, -0.15) is 0 Å². The van der Waals surface area contributed by atoms with Gasteiger partial charge in [-0.25, -0.2) is 0 Å². The van der Waals surface area contributed by atoms with Gasteiger partial charge in [-0.05, 0) is 124 Å². The van der Waals surface area contributed by atoms with E-state index >= 15 is 0 Å². The van der Waals surface area contributed by atoms with Crippen molar-refractivity contribution in [3.63, 3.8) is 0 Å². The first kappa shape index (κ1) is 43.8. The fraction of sp³-hybridized carbons (Fsp3) is 0.952. The van der Waals surface area contributed by atoms with E-state index in [1.807, 2.05) is 6.92 Å². The van der Waals surface area contributed by atoms with Crippen molar-refractivity contribution in [2.45, 2.75) is 192 Å². The van der Waals surface area contributed by atoms with Crippen LogP contribution in [0, 0.1) is 45.3 Å². The first-order chi connectivity index (χ1) is 25.6. The third-order valence-corrected chi connectivity index (χ3v) is 16.6. The predicted octanol–water partition coefficient (Wildman–Crippen LogP) is 2.15. The van der Waals surface area contributed by atoms with Crippen LogP contribution >= 0.6 is 0 Å². The van der Waals surface area contributed by atoms with Crippen molar-refractivity contribution < 1.29 is 64.9 Å². The Bertz CT molecular complexity index is 1370. The molecule has 6 aliphatic rings. The van der Waals surface area contributed by atoms with E-state index in [2.05, 4.69) is 54.5 Å². The Labute approximate surface area is 327 Å². The Morgan fingerprint density at radius 2 is 1.33 bits per heavy atom. The second-order valence-electron chi connectivity index (χ2n) is 20.1. The molecule has 318 valence electrons. The topological polar surface area (TPSA) is 219 Å². The molecule has 0 aromatic carbocycles. The normalized spacial score (nSPS) is 52.0. The van der Waals surface area contributed by atoms with Gasteiger partial charge < -0.3 is 64.9 Å². The number of aliphatic hydroxyl groups is 9. The summed E-state index contributed by atoms with van der Waals surface area (Å²) in [5, 5.41) is 97.4. The minimum absolute atomic E-state index is 0.00798. The average molecular weight is 785 g/mol. The Morgan fingerprint density at radius 3 is 1.95 bits per heavy atom. The second kappa shape index (κ2) is 15.7. The monoisotopic (exact) mass is 784 g/mol. The number of aliphatic hydroxyl groups excluding tert-OH is 8.